The molecule has 1 aliphatic rings. The molecule has 0 amide bonds. The van der Waals surface area contributed by atoms with Crippen molar-refractivity contribution in [3.63, 3.8) is 0 Å². The lowest BCUT2D eigenvalue weighted by Gasteiger charge is -2.37. The predicted octanol–water partition coefficient (Wildman–Crippen LogP) is 2.67. The fourth-order valence-corrected chi connectivity index (χ4v) is 3.44. The molecule has 0 aromatic heterocycles. The van der Waals surface area contributed by atoms with Crippen LogP contribution < -0.4 is 0 Å². The highest BCUT2D eigenvalue weighted by Gasteiger charge is 2.25. The minimum absolute atomic E-state index is 0.165. The first-order chi connectivity index (χ1) is 10.5. The van der Waals surface area contributed by atoms with Gasteiger partial charge in [0.1, 0.15) is 0 Å². The molecule has 22 heavy (non-hydrogen) atoms. The summed E-state index contributed by atoms with van der Waals surface area (Å²) in [5.41, 5.74) is 4.17. The Balaban J connectivity index is 1.91. The number of rotatable bonds is 6. The Morgan fingerprint density at radius 2 is 1.86 bits per heavy atom. The van der Waals surface area contributed by atoms with Gasteiger partial charge in [-0.2, -0.15) is 0 Å². The zero-order chi connectivity index (χ0) is 16.1. The molecule has 0 saturated carbocycles. The Hall–Kier alpha value is -1.39. The minimum atomic E-state index is -0.722. The van der Waals surface area contributed by atoms with E-state index in [-0.39, 0.29) is 6.54 Å². The van der Waals surface area contributed by atoms with Gasteiger partial charge in [-0.1, -0.05) is 25.1 Å². The number of aryl methyl sites for hydroxylation is 2. The van der Waals surface area contributed by atoms with Gasteiger partial charge in [0.05, 0.1) is 6.54 Å². The number of carboxylic acids is 1. The van der Waals surface area contributed by atoms with E-state index in [2.05, 4.69) is 41.8 Å². The van der Waals surface area contributed by atoms with Gasteiger partial charge in [-0.15, -0.1) is 0 Å². The fraction of sp³-hybridized carbons (Fsp3) is 0.611. The average Bonchev–Trinajstić information content (AvgIpc) is 2.49. The number of likely N-dealkylation sites (N-methyl/N-ethyl adjacent to an activating group) is 1. The second-order valence-corrected chi connectivity index (χ2v) is 6.33. The molecular weight excluding hydrogens is 276 g/mol. The van der Waals surface area contributed by atoms with Crippen LogP contribution in [0.25, 0.3) is 0 Å². The van der Waals surface area contributed by atoms with Gasteiger partial charge in [-0.3, -0.25) is 14.6 Å². The SMILES string of the molecule is CCN(CC(=O)O)C1CCN(Cc2c(C)cccc2C)CC1. The van der Waals surface area contributed by atoms with Crippen molar-refractivity contribution >= 4 is 5.97 Å². The maximum Gasteiger partial charge on any atom is 0.317 e. The highest BCUT2D eigenvalue weighted by atomic mass is 16.4. The first kappa shape index (κ1) is 17.0. The predicted molar refractivity (Wildman–Crippen MR) is 89.1 cm³/mol. The van der Waals surface area contributed by atoms with Gasteiger partial charge in [0, 0.05) is 12.6 Å². The second kappa shape index (κ2) is 7.75. The third kappa shape index (κ3) is 4.31. The molecule has 0 unspecified atom stereocenters. The molecule has 0 aliphatic carbocycles. The van der Waals surface area contributed by atoms with Crippen LogP contribution in [0.2, 0.25) is 0 Å². The third-order valence-electron chi connectivity index (χ3n) is 4.84. The Bertz CT molecular complexity index is 488. The van der Waals surface area contributed by atoms with Crippen molar-refractivity contribution in [2.75, 3.05) is 26.2 Å². The summed E-state index contributed by atoms with van der Waals surface area (Å²) in [5, 5.41) is 9.00. The van der Waals surface area contributed by atoms with E-state index in [0.29, 0.717) is 6.04 Å². The molecule has 2 rings (SSSR count). The van der Waals surface area contributed by atoms with Gasteiger partial charge < -0.3 is 5.11 Å². The number of nitrogens with zero attached hydrogens (tertiary/aromatic N) is 2. The number of aliphatic carboxylic acids is 1. The summed E-state index contributed by atoms with van der Waals surface area (Å²) in [6.45, 7) is 10.5. The van der Waals surface area contributed by atoms with Crippen LogP contribution in [-0.2, 0) is 11.3 Å². The highest BCUT2D eigenvalue weighted by molar-refractivity contribution is 5.69. The molecule has 1 aromatic carbocycles. The maximum absolute atomic E-state index is 10.9. The Kier molecular flexibility index (Phi) is 5.98. The van der Waals surface area contributed by atoms with E-state index in [1.807, 2.05) is 6.92 Å². The van der Waals surface area contributed by atoms with Gasteiger partial charge in [-0.25, -0.2) is 0 Å². The largest absolute Gasteiger partial charge is 0.480 e. The maximum atomic E-state index is 10.9. The van der Waals surface area contributed by atoms with Crippen LogP contribution in [0.1, 0.15) is 36.5 Å². The summed E-state index contributed by atoms with van der Waals surface area (Å²) in [6.07, 6.45) is 2.12. The zero-order valence-electron chi connectivity index (χ0n) is 14.0. The van der Waals surface area contributed by atoms with E-state index >= 15 is 0 Å². The van der Waals surface area contributed by atoms with Crippen molar-refractivity contribution in [2.24, 2.45) is 0 Å². The van der Waals surface area contributed by atoms with Crippen molar-refractivity contribution in [2.45, 2.75) is 46.2 Å². The molecule has 1 N–H and O–H groups in total. The normalized spacial score (nSPS) is 17.1. The topological polar surface area (TPSA) is 43.8 Å². The molecule has 4 nitrogen and oxygen atoms in total. The highest BCUT2D eigenvalue weighted by Crippen LogP contribution is 2.21. The van der Waals surface area contributed by atoms with Crippen molar-refractivity contribution in [3.05, 3.63) is 34.9 Å². The van der Waals surface area contributed by atoms with E-state index in [1.54, 1.807) is 0 Å². The summed E-state index contributed by atoms with van der Waals surface area (Å²) in [7, 11) is 0. The van der Waals surface area contributed by atoms with Gasteiger partial charge >= 0.3 is 5.97 Å². The monoisotopic (exact) mass is 304 g/mol. The third-order valence-corrected chi connectivity index (χ3v) is 4.84. The van der Waals surface area contributed by atoms with E-state index < -0.39 is 5.97 Å². The van der Waals surface area contributed by atoms with Crippen LogP contribution in [0.3, 0.4) is 0 Å². The van der Waals surface area contributed by atoms with E-state index in [0.717, 1.165) is 39.0 Å². The van der Waals surface area contributed by atoms with Crippen molar-refractivity contribution in [1.29, 1.82) is 0 Å². The molecule has 122 valence electrons. The quantitative estimate of drug-likeness (QED) is 0.877. The zero-order valence-corrected chi connectivity index (χ0v) is 14.0. The number of benzene rings is 1. The van der Waals surface area contributed by atoms with Crippen molar-refractivity contribution in [3.8, 4) is 0 Å². The molecule has 1 heterocycles. The molecule has 0 radical (unpaired) electrons. The van der Waals surface area contributed by atoms with Crippen molar-refractivity contribution < 1.29 is 9.90 Å². The van der Waals surface area contributed by atoms with Crippen LogP contribution in [0.15, 0.2) is 18.2 Å². The summed E-state index contributed by atoms with van der Waals surface area (Å²) in [5.74, 6) is -0.722. The van der Waals surface area contributed by atoms with Crippen LogP contribution in [0.4, 0.5) is 0 Å². The van der Waals surface area contributed by atoms with Gasteiger partial charge in [-0.05, 0) is 63.0 Å². The van der Waals surface area contributed by atoms with Crippen LogP contribution in [-0.4, -0.2) is 53.1 Å². The standard InChI is InChI=1S/C18H28N2O2/c1-4-20(13-18(21)22)16-8-10-19(11-9-16)12-17-14(2)6-5-7-15(17)3/h5-7,16H,4,8-13H2,1-3H3,(H,21,22). The smallest absolute Gasteiger partial charge is 0.317 e. The Labute approximate surface area is 133 Å². The van der Waals surface area contributed by atoms with Gasteiger partial charge in [0.25, 0.3) is 0 Å². The van der Waals surface area contributed by atoms with Crippen LogP contribution in [0.5, 0.6) is 0 Å². The molecule has 1 aromatic rings. The molecule has 4 heteroatoms. The summed E-state index contributed by atoms with van der Waals surface area (Å²) < 4.78 is 0. The van der Waals surface area contributed by atoms with E-state index in [1.165, 1.54) is 16.7 Å². The Morgan fingerprint density at radius 3 is 2.36 bits per heavy atom. The molecule has 0 bridgehead atoms. The summed E-state index contributed by atoms with van der Waals surface area (Å²) >= 11 is 0. The Morgan fingerprint density at radius 1 is 1.27 bits per heavy atom. The number of hydrogen-bond acceptors (Lipinski definition) is 3. The lowest BCUT2D eigenvalue weighted by molar-refractivity contribution is -0.139. The molecule has 1 saturated heterocycles. The molecule has 1 aliphatic heterocycles. The van der Waals surface area contributed by atoms with Crippen LogP contribution >= 0.6 is 0 Å². The fourth-order valence-electron chi connectivity index (χ4n) is 3.44. The average molecular weight is 304 g/mol. The molecule has 1 fully saturated rings. The van der Waals surface area contributed by atoms with Crippen LogP contribution in [0, 0.1) is 13.8 Å². The number of hydrogen-bond donors (Lipinski definition) is 1. The lowest BCUT2D eigenvalue weighted by Crippen LogP contribution is -2.46. The molecule has 0 spiro atoms. The number of likely N-dealkylation sites (tertiary alicyclic amines) is 1. The number of carbonyl (C=O) groups is 1. The first-order valence-corrected chi connectivity index (χ1v) is 8.24. The minimum Gasteiger partial charge on any atom is -0.480 e. The van der Waals surface area contributed by atoms with E-state index in [4.69, 9.17) is 5.11 Å². The second-order valence-electron chi connectivity index (χ2n) is 6.33. The first-order valence-electron chi connectivity index (χ1n) is 8.24. The van der Waals surface area contributed by atoms with E-state index in [9.17, 15) is 4.79 Å². The number of piperidine rings is 1. The molecule has 0 atom stereocenters. The van der Waals surface area contributed by atoms with Crippen molar-refractivity contribution in [1.82, 2.24) is 9.80 Å². The number of carboxylic acid groups (broad SMARTS) is 1. The summed E-state index contributed by atoms with van der Waals surface area (Å²) in [6, 6.07) is 6.89. The lowest BCUT2D eigenvalue weighted by atomic mass is 9.99. The van der Waals surface area contributed by atoms with Gasteiger partial charge in [0.2, 0.25) is 0 Å². The summed E-state index contributed by atoms with van der Waals surface area (Å²) in [4.78, 5) is 15.5. The molecular formula is C18H28N2O2. The van der Waals surface area contributed by atoms with Gasteiger partial charge in [0.15, 0.2) is 0 Å².